The van der Waals surface area contributed by atoms with Crippen molar-refractivity contribution in [2.45, 2.75) is 31.0 Å². The predicted molar refractivity (Wildman–Crippen MR) is 66.1 cm³/mol. The Morgan fingerprint density at radius 2 is 2.00 bits per heavy atom. The average Bonchev–Trinajstić information content (AvgIpc) is 2.59. The second kappa shape index (κ2) is 4.75. The molecule has 1 aromatic heterocycles. The van der Waals surface area contributed by atoms with Gasteiger partial charge >= 0.3 is 5.97 Å². The summed E-state index contributed by atoms with van der Waals surface area (Å²) in [5, 5.41) is 8.89. The van der Waals surface area contributed by atoms with Crippen molar-refractivity contribution < 1.29 is 18.3 Å². The van der Waals surface area contributed by atoms with Crippen molar-refractivity contribution in [1.82, 2.24) is 4.31 Å². The van der Waals surface area contributed by atoms with E-state index in [4.69, 9.17) is 5.11 Å². The number of rotatable bonds is 4. The fourth-order valence-electron chi connectivity index (χ4n) is 1.21. The van der Waals surface area contributed by atoms with E-state index >= 15 is 0 Å². The molecule has 1 N–H and O–H groups in total. The Kier molecular flexibility index (Phi) is 3.95. The molecular formula is C10H15NO4S2. The van der Waals surface area contributed by atoms with E-state index in [-0.39, 0.29) is 15.1 Å². The quantitative estimate of drug-likeness (QED) is 0.910. The molecule has 96 valence electrons. The second-order valence-electron chi connectivity index (χ2n) is 4.00. The van der Waals surface area contributed by atoms with Gasteiger partial charge in [-0.3, -0.25) is 0 Å². The van der Waals surface area contributed by atoms with Gasteiger partial charge in [0.1, 0.15) is 9.09 Å². The summed E-state index contributed by atoms with van der Waals surface area (Å²) in [6.07, 6.45) is 0. The average molecular weight is 277 g/mol. The van der Waals surface area contributed by atoms with Crippen LogP contribution in [0.25, 0.3) is 0 Å². The zero-order valence-electron chi connectivity index (χ0n) is 10.1. The fraction of sp³-hybridized carbons (Fsp3) is 0.500. The van der Waals surface area contributed by atoms with Crippen LogP contribution >= 0.6 is 11.3 Å². The topological polar surface area (TPSA) is 74.7 Å². The minimum Gasteiger partial charge on any atom is -0.477 e. The van der Waals surface area contributed by atoms with E-state index in [1.807, 2.05) is 0 Å². The van der Waals surface area contributed by atoms with Crippen LogP contribution in [0.15, 0.2) is 10.3 Å². The molecule has 0 amide bonds. The molecule has 0 saturated heterocycles. The van der Waals surface area contributed by atoms with Gasteiger partial charge in [0.05, 0.1) is 0 Å². The molecular weight excluding hydrogens is 262 g/mol. The minimum absolute atomic E-state index is 0.0701. The van der Waals surface area contributed by atoms with Crippen LogP contribution in [-0.2, 0) is 10.0 Å². The number of nitrogens with zero attached hydrogens (tertiary/aromatic N) is 1. The molecule has 17 heavy (non-hydrogen) atoms. The molecule has 0 aromatic carbocycles. The molecule has 0 unspecified atom stereocenters. The van der Waals surface area contributed by atoms with E-state index in [9.17, 15) is 13.2 Å². The number of hydrogen-bond acceptors (Lipinski definition) is 4. The van der Waals surface area contributed by atoms with Gasteiger partial charge in [-0.15, -0.1) is 11.3 Å². The summed E-state index contributed by atoms with van der Waals surface area (Å²) in [4.78, 5) is 10.9. The number of carbonyl (C=O) groups is 1. The summed E-state index contributed by atoms with van der Waals surface area (Å²) in [5.41, 5.74) is 0.471. The number of thiophene rings is 1. The lowest BCUT2D eigenvalue weighted by atomic mass is 10.3. The summed E-state index contributed by atoms with van der Waals surface area (Å²) < 4.78 is 25.5. The highest BCUT2D eigenvalue weighted by Crippen LogP contribution is 2.28. The number of aryl methyl sites for hydroxylation is 1. The first-order valence-electron chi connectivity index (χ1n) is 4.99. The molecule has 0 aliphatic carbocycles. The Hall–Kier alpha value is -0.920. The molecule has 0 radical (unpaired) electrons. The van der Waals surface area contributed by atoms with Gasteiger partial charge in [-0.25, -0.2) is 13.2 Å². The maximum absolute atomic E-state index is 12.1. The molecule has 0 atom stereocenters. The molecule has 7 heteroatoms. The van der Waals surface area contributed by atoms with E-state index < -0.39 is 16.0 Å². The third kappa shape index (κ3) is 2.67. The van der Waals surface area contributed by atoms with Crippen molar-refractivity contribution in [3.63, 3.8) is 0 Å². The lowest BCUT2D eigenvalue weighted by molar-refractivity contribution is 0.0701. The first-order chi connectivity index (χ1) is 7.67. The summed E-state index contributed by atoms with van der Waals surface area (Å²) in [6, 6.07) is 1.23. The van der Waals surface area contributed by atoms with Crippen molar-refractivity contribution in [1.29, 1.82) is 0 Å². The summed E-state index contributed by atoms with van der Waals surface area (Å²) in [6.45, 7) is 5.11. The van der Waals surface area contributed by atoms with Crippen LogP contribution in [0.1, 0.15) is 29.1 Å². The van der Waals surface area contributed by atoms with Gasteiger partial charge in [0.2, 0.25) is 0 Å². The van der Waals surface area contributed by atoms with Crippen molar-refractivity contribution in [2.24, 2.45) is 0 Å². The van der Waals surface area contributed by atoms with Crippen LogP contribution in [0.5, 0.6) is 0 Å². The minimum atomic E-state index is -3.58. The van der Waals surface area contributed by atoms with Gasteiger partial charge in [-0.2, -0.15) is 4.31 Å². The normalized spacial score (nSPS) is 12.4. The van der Waals surface area contributed by atoms with E-state index in [0.29, 0.717) is 5.56 Å². The highest BCUT2D eigenvalue weighted by Gasteiger charge is 2.27. The predicted octanol–water partition coefficient (Wildman–Crippen LogP) is 1.78. The van der Waals surface area contributed by atoms with Gasteiger partial charge in [-0.05, 0) is 32.4 Å². The fourth-order valence-corrected chi connectivity index (χ4v) is 4.14. The van der Waals surface area contributed by atoms with E-state index in [1.54, 1.807) is 20.8 Å². The van der Waals surface area contributed by atoms with Crippen molar-refractivity contribution >= 4 is 27.3 Å². The third-order valence-electron chi connectivity index (χ3n) is 2.45. The summed E-state index contributed by atoms with van der Waals surface area (Å²) in [5.74, 6) is -1.10. The van der Waals surface area contributed by atoms with Crippen LogP contribution in [-0.4, -0.2) is 36.9 Å². The Morgan fingerprint density at radius 1 is 1.47 bits per heavy atom. The lowest BCUT2D eigenvalue weighted by Gasteiger charge is -2.19. The zero-order chi connectivity index (χ0) is 13.4. The van der Waals surface area contributed by atoms with E-state index in [0.717, 1.165) is 11.3 Å². The first-order valence-corrected chi connectivity index (χ1v) is 7.25. The Morgan fingerprint density at radius 3 is 2.35 bits per heavy atom. The maximum Gasteiger partial charge on any atom is 0.346 e. The van der Waals surface area contributed by atoms with E-state index in [1.165, 1.54) is 17.4 Å². The van der Waals surface area contributed by atoms with Crippen LogP contribution in [0.3, 0.4) is 0 Å². The first kappa shape index (κ1) is 14.1. The van der Waals surface area contributed by atoms with Gasteiger partial charge in [0, 0.05) is 13.1 Å². The van der Waals surface area contributed by atoms with Gasteiger partial charge in [0.25, 0.3) is 10.0 Å². The third-order valence-corrected chi connectivity index (χ3v) is 6.16. The van der Waals surface area contributed by atoms with Gasteiger partial charge < -0.3 is 5.11 Å². The van der Waals surface area contributed by atoms with Crippen LogP contribution in [0, 0.1) is 6.92 Å². The molecule has 0 spiro atoms. The lowest BCUT2D eigenvalue weighted by Crippen LogP contribution is -2.32. The van der Waals surface area contributed by atoms with E-state index in [2.05, 4.69) is 0 Å². The molecule has 0 bridgehead atoms. The van der Waals surface area contributed by atoms with Crippen molar-refractivity contribution in [3.05, 3.63) is 16.5 Å². The van der Waals surface area contributed by atoms with Crippen LogP contribution < -0.4 is 0 Å². The van der Waals surface area contributed by atoms with Crippen LogP contribution in [0.2, 0.25) is 0 Å². The number of sulfonamides is 1. The summed E-state index contributed by atoms with van der Waals surface area (Å²) in [7, 11) is -2.10. The van der Waals surface area contributed by atoms with Crippen molar-refractivity contribution in [2.75, 3.05) is 7.05 Å². The van der Waals surface area contributed by atoms with Gasteiger partial charge in [0.15, 0.2) is 0 Å². The van der Waals surface area contributed by atoms with Gasteiger partial charge in [-0.1, -0.05) is 0 Å². The molecule has 5 nitrogen and oxygen atoms in total. The molecule has 1 aromatic rings. The highest BCUT2D eigenvalue weighted by atomic mass is 32.2. The molecule has 0 aliphatic heterocycles. The molecule has 0 saturated carbocycles. The number of carboxylic acid groups (broad SMARTS) is 1. The Balaban J connectivity index is 3.26. The molecule has 1 rings (SSSR count). The standard InChI is InChI=1S/C10H15NO4S2/c1-6(2)11(4)17(14,15)8-5-7(3)9(16-8)10(12)13/h5-6H,1-4H3,(H,12,13). The number of aromatic carboxylic acids is 1. The molecule has 0 fully saturated rings. The SMILES string of the molecule is Cc1cc(S(=O)(=O)N(C)C(C)C)sc1C(=O)O. The molecule has 0 aliphatic rings. The zero-order valence-corrected chi connectivity index (χ0v) is 11.7. The van der Waals surface area contributed by atoms with Crippen molar-refractivity contribution in [3.8, 4) is 0 Å². The molecule has 1 heterocycles. The Bertz CT molecular complexity index is 531. The smallest absolute Gasteiger partial charge is 0.346 e. The number of hydrogen-bond donors (Lipinski definition) is 1. The number of carboxylic acids is 1. The highest BCUT2D eigenvalue weighted by molar-refractivity contribution is 7.91. The maximum atomic E-state index is 12.1. The summed E-state index contributed by atoms with van der Waals surface area (Å²) >= 11 is 0.791. The largest absolute Gasteiger partial charge is 0.477 e. The van der Waals surface area contributed by atoms with Crippen LogP contribution in [0.4, 0.5) is 0 Å². The monoisotopic (exact) mass is 277 g/mol. The second-order valence-corrected chi connectivity index (χ2v) is 7.27. The Labute approximate surface area is 105 Å².